The van der Waals surface area contributed by atoms with Crippen LogP contribution >= 0.6 is 23.2 Å². The second kappa shape index (κ2) is 9.45. The summed E-state index contributed by atoms with van der Waals surface area (Å²) in [4.78, 5) is 15.3. The summed E-state index contributed by atoms with van der Waals surface area (Å²) in [6, 6.07) is 17.2. The lowest BCUT2D eigenvalue weighted by atomic mass is 10.1. The van der Waals surface area contributed by atoms with Gasteiger partial charge in [0.25, 0.3) is 0 Å². The summed E-state index contributed by atoms with van der Waals surface area (Å²) >= 11 is 12.6. The van der Waals surface area contributed by atoms with Gasteiger partial charge in [0, 0.05) is 6.21 Å². The van der Waals surface area contributed by atoms with Crippen molar-refractivity contribution in [1.29, 1.82) is 0 Å². The number of carboxylic acids is 1. The fourth-order valence-corrected chi connectivity index (χ4v) is 3.12. The van der Waals surface area contributed by atoms with E-state index in [2.05, 4.69) is 4.99 Å². The van der Waals surface area contributed by atoms with E-state index in [1.54, 1.807) is 37.6 Å². The molecule has 0 heterocycles. The number of hydrogen-bond acceptors (Lipinski definition) is 4. The summed E-state index contributed by atoms with van der Waals surface area (Å²) in [6.07, 6.45) is 1.66. The Morgan fingerprint density at radius 2 is 1.66 bits per heavy atom. The molecule has 0 amide bonds. The molecule has 0 aliphatic carbocycles. The molecule has 0 fully saturated rings. The van der Waals surface area contributed by atoms with Gasteiger partial charge in [0.1, 0.15) is 12.4 Å². The van der Waals surface area contributed by atoms with Gasteiger partial charge in [0.05, 0.1) is 28.4 Å². The van der Waals surface area contributed by atoms with Crippen molar-refractivity contribution in [2.75, 3.05) is 7.11 Å². The van der Waals surface area contributed by atoms with Gasteiger partial charge in [-0.2, -0.15) is 0 Å². The molecule has 1 N–H and O–H groups in total. The number of hydrogen-bond donors (Lipinski definition) is 1. The van der Waals surface area contributed by atoms with Crippen molar-refractivity contribution in [2.24, 2.45) is 4.99 Å². The molecule has 5 nitrogen and oxygen atoms in total. The Bertz CT molecular complexity index is 1010. The maximum absolute atomic E-state index is 10.9. The first-order chi connectivity index (χ1) is 14.0. The molecule has 0 bridgehead atoms. The number of aromatic carboxylic acids is 1. The van der Waals surface area contributed by atoms with Crippen molar-refractivity contribution in [3.63, 3.8) is 0 Å². The van der Waals surface area contributed by atoms with E-state index in [9.17, 15) is 4.79 Å². The maximum atomic E-state index is 10.9. The van der Waals surface area contributed by atoms with E-state index in [1.165, 1.54) is 12.1 Å². The summed E-state index contributed by atoms with van der Waals surface area (Å²) in [7, 11) is 1.61. The predicted molar refractivity (Wildman–Crippen MR) is 114 cm³/mol. The van der Waals surface area contributed by atoms with Crippen molar-refractivity contribution >= 4 is 41.1 Å². The second-order valence-corrected chi connectivity index (χ2v) is 6.88. The average Bonchev–Trinajstić information content (AvgIpc) is 2.72. The van der Waals surface area contributed by atoms with E-state index in [0.29, 0.717) is 15.8 Å². The van der Waals surface area contributed by atoms with Gasteiger partial charge in [-0.3, -0.25) is 4.99 Å². The molecule has 7 heteroatoms. The summed E-state index contributed by atoms with van der Waals surface area (Å²) in [6.45, 7) is 0.207. The van der Waals surface area contributed by atoms with Gasteiger partial charge < -0.3 is 14.6 Å². The smallest absolute Gasteiger partial charge is 0.335 e. The standard InChI is InChI=1S/C22H17Cl2NO4/c1-28-18-8-6-17(7-9-18)25-12-15-10-19(23)21(20(24)11-15)29-13-14-2-4-16(5-3-14)22(26)27/h2-12H,13H2,1H3,(H,26,27). The topological polar surface area (TPSA) is 68.1 Å². The second-order valence-electron chi connectivity index (χ2n) is 6.06. The van der Waals surface area contributed by atoms with E-state index in [0.717, 1.165) is 22.6 Å². The molecular weight excluding hydrogens is 413 g/mol. The maximum Gasteiger partial charge on any atom is 0.335 e. The average molecular weight is 430 g/mol. The number of rotatable bonds is 7. The molecule has 0 spiro atoms. The fraction of sp³-hybridized carbons (Fsp3) is 0.0909. The highest BCUT2D eigenvalue weighted by Crippen LogP contribution is 2.34. The first-order valence-electron chi connectivity index (χ1n) is 8.58. The fourth-order valence-electron chi connectivity index (χ4n) is 2.51. The molecule has 3 aromatic carbocycles. The number of aliphatic imine (C=N–C) groups is 1. The van der Waals surface area contributed by atoms with Crippen LogP contribution in [0, 0.1) is 0 Å². The van der Waals surface area contributed by atoms with Gasteiger partial charge in [-0.1, -0.05) is 35.3 Å². The Balaban J connectivity index is 1.69. The van der Waals surface area contributed by atoms with Gasteiger partial charge in [-0.05, 0) is 59.7 Å². The third-order valence-corrected chi connectivity index (χ3v) is 4.60. The SMILES string of the molecule is COc1ccc(N=Cc2cc(Cl)c(OCc3ccc(C(=O)O)cc3)c(Cl)c2)cc1. The zero-order valence-corrected chi connectivity index (χ0v) is 16.9. The van der Waals surface area contributed by atoms with Crippen LogP contribution in [0.4, 0.5) is 5.69 Å². The first-order valence-corrected chi connectivity index (χ1v) is 9.34. The monoisotopic (exact) mass is 429 g/mol. The molecule has 0 aliphatic heterocycles. The molecule has 0 aliphatic rings. The third-order valence-electron chi connectivity index (χ3n) is 4.04. The molecule has 3 aromatic rings. The number of benzene rings is 3. The largest absolute Gasteiger partial charge is 0.497 e. The predicted octanol–water partition coefficient (Wildman–Crippen LogP) is 6.03. The zero-order chi connectivity index (χ0) is 20.8. The van der Waals surface area contributed by atoms with Crippen molar-refractivity contribution in [3.05, 3.63) is 87.4 Å². The van der Waals surface area contributed by atoms with E-state index in [4.69, 9.17) is 37.8 Å². The van der Waals surface area contributed by atoms with Crippen LogP contribution in [-0.4, -0.2) is 24.4 Å². The van der Waals surface area contributed by atoms with Crippen molar-refractivity contribution in [1.82, 2.24) is 0 Å². The van der Waals surface area contributed by atoms with Gasteiger partial charge in [-0.25, -0.2) is 4.79 Å². The number of halogens is 2. The van der Waals surface area contributed by atoms with E-state index >= 15 is 0 Å². The van der Waals surface area contributed by atoms with Crippen LogP contribution in [0.2, 0.25) is 10.0 Å². The summed E-state index contributed by atoms with van der Waals surface area (Å²) < 4.78 is 10.8. The lowest BCUT2D eigenvalue weighted by molar-refractivity contribution is 0.0697. The van der Waals surface area contributed by atoms with Crippen LogP contribution in [0.15, 0.2) is 65.7 Å². The number of carboxylic acid groups (broad SMARTS) is 1. The van der Waals surface area contributed by atoms with Crippen molar-refractivity contribution in [2.45, 2.75) is 6.61 Å². The minimum atomic E-state index is -0.976. The number of ether oxygens (including phenoxy) is 2. The summed E-state index contributed by atoms with van der Waals surface area (Å²) in [5, 5.41) is 9.65. The van der Waals surface area contributed by atoms with E-state index in [-0.39, 0.29) is 12.2 Å². The molecule has 148 valence electrons. The lowest BCUT2D eigenvalue weighted by Gasteiger charge is -2.11. The Morgan fingerprint density at radius 3 is 2.21 bits per heavy atom. The van der Waals surface area contributed by atoms with Gasteiger partial charge >= 0.3 is 5.97 Å². The summed E-state index contributed by atoms with van der Waals surface area (Å²) in [5.41, 5.74) is 2.51. The third kappa shape index (κ3) is 5.50. The Hall–Kier alpha value is -3.02. The molecule has 0 aromatic heterocycles. The molecule has 0 radical (unpaired) electrons. The van der Waals surface area contributed by atoms with Crippen molar-refractivity contribution < 1.29 is 19.4 Å². The number of nitrogens with zero attached hydrogens (tertiary/aromatic N) is 1. The molecular formula is C22H17Cl2NO4. The van der Waals surface area contributed by atoms with Crippen LogP contribution in [-0.2, 0) is 6.61 Å². The summed E-state index contributed by atoms with van der Waals surface area (Å²) in [5.74, 6) is 0.141. The molecule has 0 atom stereocenters. The van der Waals surface area contributed by atoms with Gasteiger partial charge in [0.15, 0.2) is 5.75 Å². The van der Waals surface area contributed by atoms with Gasteiger partial charge in [-0.15, -0.1) is 0 Å². The molecule has 29 heavy (non-hydrogen) atoms. The van der Waals surface area contributed by atoms with Crippen molar-refractivity contribution in [3.8, 4) is 11.5 Å². The van der Waals surface area contributed by atoms with E-state index in [1.807, 2.05) is 24.3 Å². The Kier molecular flexibility index (Phi) is 6.75. The van der Waals surface area contributed by atoms with Gasteiger partial charge in [0.2, 0.25) is 0 Å². The van der Waals surface area contributed by atoms with Crippen LogP contribution in [0.25, 0.3) is 0 Å². The molecule has 3 rings (SSSR count). The van der Waals surface area contributed by atoms with Crippen LogP contribution < -0.4 is 9.47 Å². The normalized spacial score (nSPS) is 10.9. The molecule has 0 saturated heterocycles. The highest BCUT2D eigenvalue weighted by atomic mass is 35.5. The minimum Gasteiger partial charge on any atom is -0.497 e. The minimum absolute atomic E-state index is 0.207. The quantitative estimate of drug-likeness (QED) is 0.465. The Labute approximate surface area is 178 Å². The highest BCUT2D eigenvalue weighted by Gasteiger charge is 2.10. The number of methoxy groups -OCH3 is 1. The van der Waals surface area contributed by atoms with Crippen LogP contribution in [0.3, 0.4) is 0 Å². The molecule has 0 unspecified atom stereocenters. The zero-order valence-electron chi connectivity index (χ0n) is 15.4. The highest BCUT2D eigenvalue weighted by molar-refractivity contribution is 6.37. The van der Waals surface area contributed by atoms with Crippen LogP contribution in [0.1, 0.15) is 21.5 Å². The van der Waals surface area contributed by atoms with Crippen LogP contribution in [0.5, 0.6) is 11.5 Å². The lowest BCUT2D eigenvalue weighted by Crippen LogP contribution is -2.00. The first kappa shape index (κ1) is 20.7. The number of carbonyl (C=O) groups is 1. The van der Waals surface area contributed by atoms with E-state index < -0.39 is 5.97 Å². The Morgan fingerprint density at radius 1 is 1.03 bits per heavy atom. The molecule has 0 saturated carbocycles.